The number of hydrogen-bond acceptors (Lipinski definition) is 8. The molecule has 2 aromatic heterocycles. The van der Waals surface area contributed by atoms with Crippen LogP contribution in [-0.2, 0) is 14.3 Å². The van der Waals surface area contributed by atoms with Crippen molar-refractivity contribution in [3.63, 3.8) is 0 Å². The summed E-state index contributed by atoms with van der Waals surface area (Å²) in [5, 5.41) is 0.416. The van der Waals surface area contributed by atoms with E-state index in [0.717, 1.165) is 11.1 Å². The zero-order valence-corrected chi connectivity index (χ0v) is 23.8. The fraction of sp³-hybridized carbons (Fsp3) is 0.200. The summed E-state index contributed by atoms with van der Waals surface area (Å²) in [5.74, 6) is -0.00334. The Balaban J connectivity index is 1.63. The lowest BCUT2D eigenvalue weighted by Gasteiger charge is -2.25. The van der Waals surface area contributed by atoms with Crippen molar-refractivity contribution in [1.82, 2.24) is 4.57 Å². The zero-order valence-electron chi connectivity index (χ0n) is 22.2. The number of aromatic nitrogens is 1. The first-order valence-corrected chi connectivity index (χ1v) is 13.7. The van der Waals surface area contributed by atoms with Crippen molar-refractivity contribution >= 4 is 41.0 Å². The second kappa shape index (κ2) is 11.1. The number of thiazole rings is 1. The molecule has 5 rings (SSSR count). The molecule has 8 nitrogen and oxygen atoms in total. The molecular formula is C30H25ClN2O6S. The fourth-order valence-corrected chi connectivity index (χ4v) is 5.99. The van der Waals surface area contributed by atoms with E-state index in [1.807, 2.05) is 13.0 Å². The molecule has 0 spiro atoms. The third kappa shape index (κ3) is 4.82. The summed E-state index contributed by atoms with van der Waals surface area (Å²) >= 11 is 7.74. The van der Waals surface area contributed by atoms with Gasteiger partial charge in [-0.15, -0.1) is 0 Å². The number of hydrogen-bond donors (Lipinski definition) is 0. The highest BCUT2D eigenvalue weighted by atomic mass is 35.5. The highest BCUT2D eigenvalue weighted by Crippen LogP contribution is 2.34. The molecule has 0 N–H and O–H groups in total. The van der Waals surface area contributed by atoms with Crippen molar-refractivity contribution in [2.45, 2.75) is 26.8 Å². The van der Waals surface area contributed by atoms with Gasteiger partial charge in [-0.3, -0.25) is 9.36 Å². The van der Waals surface area contributed by atoms with Crippen LogP contribution in [0.15, 0.2) is 80.1 Å². The normalized spacial score (nSPS) is 15.0. The molecule has 3 heterocycles. The van der Waals surface area contributed by atoms with Gasteiger partial charge in [0.05, 0.1) is 35.1 Å². The van der Waals surface area contributed by atoms with Crippen LogP contribution < -0.4 is 14.9 Å². The Hall–Kier alpha value is -4.21. The molecular weight excluding hydrogens is 552 g/mol. The Morgan fingerprint density at radius 3 is 2.60 bits per heavy atom. The van der Waals surface area contributed by atoms with Crippen LogP contribution in [0.3, 0.4) is 0 Å². The summed E-state index contributed by atoms with van der Waals surface area (Å²) in [7, 11) is 1.34. The maximum Gasteiger partial charge on any atom is 0.338 e. The number of esters is 2. The van der Waals surface area contributed by atoms with Crippen LogP contribution in [-0.4, -0.2) is 30.2 Å². The van der Waals surface area contributed by atoms with Crippen LogP contribution in [0.1, 0.15) is 47.1 Å². The van der Waals surface area contributed by atoms with Gasteiger partial charge in [-0.05, 0) is 56.2 Å². The second-order valence-corrected chi connectivity index (χ2v) is 10.4. The van der Waals surface area contributed by atoms with Gasteiger partial charge in [-0.1, -0.05) is 53.3 Å². The molecule has 0 amide bonds. The number of halogens is 1. The summed E-state index contributed by atoms with van der Waals surface area (Å²) in [5.41, 5.74) is 2.86. The van der Waals surface area contributed by atoms with E-state index in [0.29, 0.717) is 42.7 Å². The van der Waals surface area contributed by atoms with Gasteiger partial charge in [-0.25, -0.2) is 14.6 Å². The second-order valence-electron chi connectivity index (χ2n) is 9.00. The summed E-state index contributed by atoms with van der Waals surface area (Å²) in [4.78, 5) is 44.0. The smallest absolute Gasteiger partial charge is 0.338 e. The Bertz CT molecular complexity index is 1860. The van der Waals surface area contributed by atoms with E-state index in [-0.39, 0.29) is 17.7 Å². The molecule has 204 valence electrons. The zero-order chi connectivity index (χ0) is 28.6. The molecule has 0 unspecified atom stereocenters. The molecule has 0 saturated heterocycles. The number of carbonyl (C=O) groups is 2. The Morgan fingerprint density at radius 2 is 1.88 bits per heavy atom. The van der Waals surface area contributed by atoms with Crippen molar-refractivity contribution in [2.24, 2.45) is 4.99 Å². The first kappa shape index (κ1) is 27.4. The number of fused-ring (bicyclic) bond motifs is 1. The summed E-state index contributed by atoms with van der Waals surface area (Å²) in [6, 6.07) is 15.1. The van der Waals surface area contributed by atoms with Crippen LogP contribution in [0.25, 0.3) is 17.4 Å². The monoisotopic (exact) mass is 576 g/mol. The van der Waals surface area contributed by atoms with Gasteiger partial charge >= 0.3 is 11.9 Å². The maximum absolute atomic E-state index is 13.8. The minimum absolute atomic E-state index is 0.179. The number of rotatable bonds is 6. The number of nitrogens with zero attached hydrogens (tertiary/aromatic N) is 2. The molecule has 2 aromatic carbocycles. The van der Waals surface area contributed by atoms with E-state index < -0.39 is 18.0 Å². The first-order valence-electron chi connectivity index (χ1n) is 12.5. The Labute approximate surface area is 238 Å². The summed E-state index contributed by atoms with van der Waals surface area (Å²) in [6.07, 6.45) is 1.64. The molecule has 10 heteroatoms. The van der Waals surface area contributed by atoms with E-state index in [9.17, 15) is 14.4 Å². The van der Waals surface area contributed by atoms with Crippen molar-refractivity contribution < 1.29 is 23.5 Å². The average Bonchev–Trinajstić information content (AvgIpc) is 3.52. The summed E-state index contributed by atoms with van der Waals surface area (Å²) in [6.45, 7) is 5.44. The number of carbonyl (C=O) groups excluding carboxylic acids is 2. The van der Waals surface area contributed by atoms with Gasteiger partial charge in [0.2, 0.25) is 0 Å². The number of furan rings is 1. The fourth-order valence-electron chi connectivity index (χ4n) is 4.72. The topological polar surface area (TPSA) is 100 Å². The molecule has 0 bridgehead atoms. The quantitative estimate of drug-likeness (QED) is 0.306. The molecule has 1 aliphatic heterocycles. The summed E-state index contributed by atoms with van der Waals surface area (Å²) < 4.78 is 18.1. The Morgan fingerprint density at radius 1 is 1.10 bits per heavy atom. The molecule has 0 aliphatic carbocycles. The predicted molar refractivity (Wildman–Crippen MR) is 152 cm³/mol. The number of ether oxygens (including phenoxy) is 2. The van der Waals surface area contributed by atoms with E-state index in [2.05, 4.69) is 4.99 Å². The molecule has 0 fully saturated rings. The first-order chi connectivity index (χ1) is 19.2. The lowest BCUT2D eigenvalue weighted by Crippen LogP contribution is -2.40. The van der Waals surface area contributed by atoms with Crippen LogP contribution in [0.4, 0.5) is 0 Å². The van der Waals surface area contributed by atoms with Crippen LogP contribution in [0.5, 0.6) is 0 Å². The van der Waals surface area contributed by atoms with E-state index >= 15 is 0 Å². The largest absolute Gasteiger partial charge is 0.465 e. The van der Waals surface area contributed by atoms with Gasteiger partial charge in [-0.2, -0.15) is 0 Å². The van der Waals surface area contributed by atoms with Crippen molar-refractivity contribution in [3.8, 4) is 11.3 Å². The maximum atomic E-state index is 13.8. The molecule has 0 radical (unpaired) electrons. The molecule has 0 saturated carbocycles. The molecule has 1 atom stereocenters. The standard InChI is InChI=1S/C30H25ClN2O6S/c1-5-38-29(36)25-17(3)32-30-33(26(25)21-9-6-7-12-22(21)31)27(34)24(40-30)15-18-13-14-23(39-18)19-10-8-11-20(16(19)2)28(35)37-4/h6-15,26H,5H2,1-4H3/b24-15+/t26-/m1/s1. The SMILES string of the molecule is CCOC(=O)C1=C(C)N=c2s/c(=C/c3ccc(-c4cccc(C(=O)OC)c4C)o3)c(=O)n2[C@@H]1c1ccccc1Cl. The number of methoxy groups -OCH3 is 1. The molecule has 4 aromatic rings. The minimum atomic E-state index is -0.804. The molecule has 1 aliphatic rings. The van der Waals surface area contributed by atoms with E-state index in [1.54, 1.807) is 68.5 Å². The van der Waals surface area contributed by atoms with E-state index in [1.165, 1.54) is 23.0 Å². The average molecular weight is 577 g/mol. The third-order valence-electron chi connectivity index (χ3n) is 6.62. The molecule has 40 heavy (non-hydrogen) atoms. The van der Waals surface area contributed by atoms with Gasteiger partial charge in [0.25, 0.3) is 5.56 Å². The lowest BCUT2D eigenvalue weighted by atomic mass is 9.96. The number of allylic oxidation sites excluding steroid dienone is 1. The van der Waals surface area contributed by atoms with Crippen LogP contribution in [0.2, 0.25) is 5.02 Å². The van der Waals surface area contributed by atoms with E-state index in [4.69, 9.17) is 25.5 Å². The minimum Gasteiger partial charge on any atom is -0.465 e. The van der Waals surface area contributed by atoms with Crippen molar-refractivity contribution in [2.75, 3.05) is 13.7 Å². The van der Waals surface area contributed by atoms with Crippen molar-refractivity contribution in [1.29, 1.82) is 0 Å². The lowest BCUT2D eigenvalue weighted by molar-refractivity contribution is -0.139. The Kier molecular flexibility index (Phi) is 7.60. The number of benzene rings is 2. The van der Waals surface area contributed by atoms with Gasteiger partial charge in [0, 0.05) is 16.7 Å². The van der Waals surface area contributed by atoms with Gasteiger partial charge in [0.15, 0.2) is 4.80 Å². The van der Waals surface area contributed by atoms with Gasteiger partial charge < -0.3 is 13.9 Å². The van der Waals surface area contributed by atoms with Crippen LogP contribution in [0, 0.1) is 6.92 Å². The van der Waals surface area contributed by atoms with Crippen LogP contribution >= 0.6 is 22.9 Å². The highest BCUT2D eigenvalue weighted by Gasteiger charge is 2.34. The van der Waals surface area contributed by atoms with Gasteiger partial charge in [0.1, 0.15) is 17.6 Å². The third-order valence-corrected chi connectivity index (χ3v) is 7.95. The van der Waals surface area contributed by atoms with Crippen molar-refractivity contribution in [3.05, 3.63) is 113 Å². The highest BCUT2D eigenvalue weighted by molar-refractivity contribution is 7.07. The predicted octanol–water partition coefficient (Wildman–Crippen LogP) is 4.81.